The SMILES string of the molecule is Nc1cc(C(F)(F)F)nn1C1CCNCC1. The molecule has 4 nitrogen and oxygen atoms in total. The number of nitrogens with zero attached hydrogens (tertiary/aromatic N) is 2. The van der Waals surface area contributed by atoms with Crippen LogP contribution in [0, 0.1) is 0 Å². The zero-order valence-corrected chi connectivity index (χ0v) is 8.59. The van der Waals surface area contributed by atoms with Crippen LogP contribution in [0.2, 0.25) is 0 Å². The second kappa shape index (κ2) is 3.97. The molecule has 1 fully saturated rings. The molecule has 0 spiro atoms. The molecule has 0 atom stereocenters. The van der Waals surface area contributed by atoms with E-state index in [4.69, 9.17) is 5.73 Å². The quantitative estimate of drug-likeness (QED) is 0.772. The number of hydrogen-bond acceptors (Lipinski definition) is 3. The average Bonchev–Trinajstić information content (AvgIpc) is 2.61. The highest BCUT2D eigenvalue weighted by molar-refractivity contribution is 5.32. The fraction of sp³-hybridized carbons (Fsp3) is 0.667. The van der Waals surface area contributed by atoms with Gasteiger partial charge in [-0.3, -0.25) is 0 Å². The molecule has 1 aliphatic heterocycles. The summed E-state index contributed by atoms with van der Waals surface area (Å²) in [6.45, 7) is 1.57. The topological polar surface area (TPSA) is 55.9 Å². The van der Waals surface area contributed by atoms with Gasteiger partial charge in [0.2, 0.25) is 0 Å². The Bertz CT molecular complexity index is 365. The minimum Gasteiger partial charge on any atom is -0.384 e. The number of alkyl halides is 3. The first-order valence-corrected chi connectivity index (χ1v) is 5.11. The Morgan fingerprint density at radius 3 is 2.50 bits per heavy atom. The van der Waals surface area contributed by atoms with E-state index in [1.54, 1.807) is 0 Å². The minimum absolute atomic E-state index is 0.0302. The van der Waals surface area contributed by atoms with Gasteiger partial charge in [0.15, 0.2) is 5.69 Å². The highest BCUT2D eigenvalue weighted by Crippen LogP contribution is 2.31. The lowest BCUT2D eigenvalue weighted by Crippen LogP contribution is -2.30. The normalized spacial score (nSPS) is 18.9. The minimum atomic E-state index is -4.42. The first-order valence-electron chi connectivity index (χ1n) is 5.11. The summed E-state index contributed by atoms with van der Waals surface area (Å²) in [4.78, 5) is 0. The van der Waals surface area contributed by atoms with Crippen molar-refractivity contribution in [2.45, 2.75) is 25.1 Å². The summed E-state index contributed by atoms with van der Waals surface area (Å²) in [6, 6.07) is 0.861. The molecular formula is C9H13F3N4. The van der Waals surface area contributed by atoms with Crippen LogP contribution in [0.1, 0.15) is 24.6 Å². The van der Waals surface area contributed by atoms with Crippen LogP contribution in [0.15, 0.2) is 6.07 Å². The summed E-state index contributed by atoms with van der Waals surface area (Å²) < 4.78 is 38.5. The highest BCUT2D eigenvalue weighted by atomic mass is 19.4. The molecular weight excluding hydrogens is 221 g/mol. The van der Waals surface area contributed by atoms with Crippen LogP contribution >= 0.6 is 0 Å². The van der Waals surface area contributed by atoms with Crippen LogP contribution in [-0.2, 0) is 6.18 Å². The van der Waals surface area contributed by atoms with E-state index in [1.165, 1.54) is 4.68 Å². The number of halogens is 3. The third kappa shape index (κ3) is 2.13. The van der Waals surface area contributed by atoms with Crippen LogP contribution in [0.3, 0.4) is 0 Å². The van der Waals surface area contributed by atoms with Crippen molar-refractivity contribution in [3.05, 3.63) is 11.8 Å². The molecule has 0 saturated carbocycles. The van der Waals surface area contributed by atoms with E-state index in [2.05, 4.69) is 10.4 Å². The zero-order chi connectivity index (χ0) is 11.8. The Balaban J connectivity index is 2.24. The van der Waals surface area contributed by atoms with Crippen LogP contribution in [0.4, 0.5) is 19.0 Å². The fourth-order valence-electron chi connectivity index (χ4n) is 1.89. The number of anilines is 1. The van der Waals surface area contributed by atoms with Gasteiger partial charge in [0.05, 0.1) is 6.04 Å². The van der Waals surface area contributed by atoms with Crippen molar-refractivity contribution >= 4 is 5.82 Å². The van der Waals surface area contributed by atoms with Crippen molar-refractivity contribution in [3.8, 4) is 0 Å². The number of nitrogen functional groups attached to an aromatic ring is 1. The van der Waals surface area contributed by atoms with E-state index in [-0.39, 0.29) is 11.9 Å². The molecule has 0 aromatic carbocycles. The predicted molar refractivity (Wildman–Crippen MR) is 52.8 cm³/mol. The highest BCUT2D eigenvalue weighted by Gasteiger charge is 2.35. The fourth-order valence-corrected chi connectivity index (χ4v) is 1.89. The third-order valence-electron chi connectivity index (χ3n) is 2.71. The Morgan fingerprint density at radius 2 is 2.00 bits per heavy atom. The van der Waals surface area contributed by atoms with Crippen molar-refractivity contribution in [1.29, 1.82) is 0 Å². The van der Waals surface area contributed by atoms with Gasteiger partial charge in [-0.05, 0) is 25.9 Å². The first-order chi connectivity index (χ1) is 7.48. The van der Waals surface area contributed by atoms with E-state index >= 15 is 0 Å². The Morgan fingerprint density at radius 1 is 1.38 bits per heavy atom. The summed E-state index contributed by atoms with van der Waals surface area (Å²) in [7, 11) is 0. The third-order valence-corrected chi connectivity index (χ3v) is 2.71. The van der Waals surface area contributed by atoms with Gasteiger partial charge in [0, 0.05) is 6.07 Å². The van der Waals surface area contributed by atoms with Crippen molar-refractivity contribution in [2.24, 2.45) is 0 Å². The molecule has 0 bridgehead atoms. The Hall–Kier alpha value is -1.24. The lowest BCUT2D eigenvalue weighted by Gasteiger charge is -2.23. The van der Waals surface area contributed by atoms with Crippen LogP contribution in [0.25, 0.3) is 0 Å². The van der Waals surface area contributed by atoms with Gasteiger partial charge < -0.3 is 11.1 Å². The largest absolute Gasteiger partial charge is 0.435 e. The molecule has 1 aromatic heterocycles. The predicted octanol–water partition coefficient (Wildman–Crippen LogP) is 1.41. The van der Waals surface area contributed by atoms with Gasteiger partial charge in [-0.25, -0.2) is 4.68 Å². The smallest absolute Gasteiger partial charge is 0.384 e. The lowest BCUT2D eigenvalue weighted by molar-refractivity contribution is -0.141. The number of hydrogen-bond donors (Lipinski definition) is 2. The number of piperidine rings is 1. The second-order valence-corrected chi connectivity index (χ2v) is 3.88. The van der Waals surface area contributed by atoms with E-state index in [1.807, 2.05) is 0 Å². The van der Waals surface area contributed by atoms with Gasteiger partial charge in [-0.2, -0.15) is 18.3 Å². The molecule has 1 aromatic rings. The second-order valence-electron chi connectivity index (χ2n) is 3.88. The van der Waals surface area contributed by atoms with Gasteiger partial charge in [0.1, 0.15) is 5.82 Å². The summed E-state index contributed by atoms with van der Waals surface area (Å²) in [5.41, 5.74) is 4.64. The van der Waals surface area contributed by atoms with Gasteiger partial charge >= 0.3 is 6.18 Å². The van der Waals surface area contributed by atoms with Gasteiger partial charge in [-0.15, -0.1) is 0 Å². The lowest BCUT2D eigenvalue weighted by atomic mass is 10.1. The molecule has 7 heteroatoms. The number of nitrogens with two attached hydrogens (primary N) is 1. The monoisotopic (exact) mass is 234 g/mol. The van der Waals surface area contributed by atoms with Crippen molar-refractivity contribution in [1.82, 2.24) is 15.1 Å². The van der Waals surface area contributed by atoms with Crippen molar-refractivity contribution < 1.29 is 13.2 Å². The molecule has 0 radical (unpaired) electrons. The number of aromatic nitrogens is 2. The first kappa shape index (κ1) is 11.3. The standard InChI is InChI=1S/C9H13F3N4/c10-9(11,12)7-5-8(13)16(15-7)6-1-3-14-4-2-6/h5-6,14H,1-4,13H2. The van der Waals surface area contributed by atoms with Crippen LogP contribution < -0.4 is 11.1 Å². The van der Waals surface area contributed by atoms with E-state index in [0.717, 1.165) is 32.0 Å². The number of nitrogens with one attached hydrogen (secondary N) is 1. The maximum absolute atomic E-state index is 12.4. The average molecular weight is 234 g/mol. The summed E-state index contributed by atoms with van der Waals surface area (Å²) in [5, 5.41) is 6.68. The van der Waals surface area contributed by atoms with Crippen LogP contribution in [0.5, 0.6) is 0 Å². The molecule has 0 amide bonds. The maximum atomic E-state index is 12.4. The number of rotatable bonds is 1. The molecule has 1 aliphatic rings. The maximum Gasteiger partial charge on any atom is 0.435 e. The Labute approximate surface area is 90.6 Å². The van der Waals surface area contributed by atoms with Crippen LogP contribution in [-0.4, -0.2) is 22.9 Å². The molecule has 3 N–H and O–H groups in total. The summed E-state index contributed by atoms with van der Waals surface area (Å²) in [5.74, 6) is 0.0826. The Kier molecular flexibility index (Phi) is 2.79. The van der Waals surface area contributed by atoms with Crippen molar-refractivity contribution in [2.75, 3.05) is 18.8 Å². The summed E-state index contributed by atoms with van der Waals surface area (Å²) >= 11 is 0. The molecule has 0 unspecified atom stereocenters. The van der Waals surface area contributed by atoms with E-state index in [9.17, 15) is 13.2 Å². The summed E-state index contributed by atoms with van der Waals surface area (Å²) in [6.07, 6.45) is -2.92. The molecule has 2 heterocycles. The molecule has 1 saturated heterocycles. The van der Waals surface area contributed by atoms with Crippen molar-refractivity contribution in [3.63, 3.8) is 0 Å². The molecule has 90 valence electrons. The molecule has 2 rings (SSSR count). The van der Waals surface area contributed by atoms with Gasteiger partial charge in [0.25, 0.3) is 0 Å². The zero-order valence-electron chi connectivity index (χ0n) is 8.59. The van der Waals surface area contributed by atoms with Gasteiger partial charge in [-0.1, -0.05) is 0 Å². The molecule has 0 aliphatic carbocycles. The molecule has 16 heavy (non-hydrogen) atoms. The van der Waals surface area contributed by atoms with E-state index in [0.29, 0.717) is 0 Å². The van der Waals surface area contributed by atoms with E-state index < -0.39 is 11.9 Å².